The normalized spacial score (nSPS) is 11.2. The largest absolute Gasteiger partial charge is 0.454 e. The Bertz CT molecular complexity index is 942. The first kappa shape index (κ1) is 15.2. The number of furan rings is 1. The van der Waals surface area contributed by atoms with Crippen molar-refractivity contribution in [3.05, 3.63) is 69.1 Å². The zero-order valence-corrected chi connectivity index (χ0v) is 13.4. The number of hydrogen-bond donors (Lipinski definition) is 1. The lowest BCUT2D eigenvalue weighted by Gasteiger charge is -2.03. The number of para-hydroxylation sites is 1. The molecule has 0 spiro atoms. The van der Waals surface area contributed by atoms with Crippen LogP contribution in [0.15, 0.2) is 56.4 Å². The molecule has 3 rings (SSSR count). The van der Waals surface area contributed by atoms with Gasteiger partial charge in [0, 0.05) is 6.08 Å². The van der Waals surface area contributed by atoms with Gasteiger partial charge in [-0.2, -0.15) is 0 Å². The van der Waals surface area contributed by atoms with Gasteiger partial charge in [0.25, 0.3) is 5.56 Å². The number of hydrogen-bond acceptors (Lipinski definition) is 5. The van der Waals surface area contributed by atoms with Crippen LogP contribution in [0.1, 0.15) is 11.6 Å². The van der Waals surface area contributed by atoms with Crippen LogP contribution in [0.4, 0.5) is 0 Å². The molecule has 3 aromatic rings. The second-order valence-electron chi connectivity index (χ2n) is 4.61. The third-order valence-electron chi connectivity index (χ3n) is 2.99. The Morgan fingerprint density at radius 1 is 1.30 bits per heavy atom. The molecule has 1 aromatic carbocycles. The Labute approximate surface area is 138 Å². The highest BCUT2D eigenvalue weighted by Gasteiger charge is 2.05. The van der Waals surface area contributed by atoms with Gasteiger partial charge in [-0.25, -0.2) is 9.78 Å². The Hall–Kier alpha value is -2.67. The van der Waals surface area contributed by atoms with E-state index in [4.69, 9.17) is 9.15 Å². The van der Waals surface area contributed by atoms with Crippen molar-refractivity contribution in [2.75, 3.05) is 0 Å². The molecule has 2 aromatic heterocycles. The molecule has 0 fully saturated rings. The number of aromatic nitrogens is 2. The van der Waals surface area contributed by atoms with Crippen molar-refractivity contribution < 1.29 is 13.9 Å². The molecule has 0 saturated heterocycles. The molecule has 0 aliphatic rings. The van der Waals surface area contributed by atoms with Crippen LogP contribution < -0.4 is 5.56 Å². The predicted octanol–water partition coefficient (Wildman–Crippen LogP) is 3.04. The highest BCUT2D eigenvalue weighted by molar-refractivity contribution is 9.10. The van der Waals surface area contributed by atoms with Crippen LogP contribution in [0.3, 0.4) is 0 Å². The number of carbonyl (C=O) groups is 1. The maximum Gasteiger partial charge on any atom is 0.331 e. The van der Waals surface area contributed by atoms with E-state index >= 15 is 0 Å². The van der Waals surface area contributed by atoms with Gasteiger partial charge in [0.05, 0.1) is 10.9 Å². The van der Waals surface area contributed by atoms with E-state index in [-0.39, 0.29) is 18.0 Å². The molecular formula is C16H11BrN2O4. The fraction of sp³-hybridized carbons (Fsp3) is 0.0625. The molecule has 0 amide bonds. The highest BCUT2D eigenvalue weighted by atomic mass is 79.9. The second-order valence-corrected chi connectivity index (χ2v) is 5.39. The second kappa shape index (κ2) is 6.62. The van der Waals surface area contributed by atoms with E-state index in [1.54, 1.807) is 36.4 Å². The van der Waals surface area contributed by atoms with Crippen molar-refractivity contribution in [3.63, 3.8) is 0 Å². The van der Waals surface area contributed by atoms with Gasteiger partial charge >= 0.3 is 5.97 Å². The molecule has 0 unspecified atom stereocenters. The number of carbonyl (C=O) groups excluding carboxylic acids is 1. The van der Waals surface area contributed by atoms with Crippen LogP contribution in [0.2, 0.25) is 0 Å². The van der Waals surface area contributed by atoms with E-state index in [2.05, 4.69) is 25.9 Å². The minimum atomic E-state index is -0.562. The maximum atomic E-state index is 11.9. The molecule has 1 N–H and O–H groups in total. The first-order valence-electron chi connectivity index (χ1n) is 6.70. The summed E-state index contributed by atoms with van der Waals surface area (Å²) in [6, 6.07) is 10.4. The van der Waals surface area contributed by atoms with Crippen molar-refractivity contribution in [2.24, 2.45) is 0 Å². The summed E-state index contributed by atoms with van der Waals surface area (Å²) in [7, 11) is 0. The molecule has 0 saturated carbocycles. The third kappa shape index (κ3) is 3.75. The van der Waals surface area contributed by atoms with Gasteiger partial charge in [-0.3, -0.25) is 4.79 Å². The zero-order valence-electron chi connectivity index (χ0n) is 11.8. The van der Waals surface area contributed by atoms with Crippen molar-refractivity contribution >= 4 is 38.9 Å². The Morgan fingerprint density at radius 2 is 2.13 bits per heavy atom. The van der Waals surface area contributed by atoms with Crippen molar-refractivity contribution in [1.29, 1.82) is 0 Å². The summed E-state index contributed by atoms with van der Waals surface area (Å²) in [5, 5.41) is 0.492. The SMILES string of the molecule is O=C(/C=C/c1ccc(Br)o1)OCc1nc2ccccc2c(=O)[nH]1. The van der Waals surface area contributed by atoms with Crippen molar-refractivity contribution in [2.45, 2.75) is 6.61 Å². The number of aromatic amines is 1. The summed E-state index contributed by atoms with van der Waals surface area (Å²) in [6.07, 6.45) is 2.73. The maximum absolute atomic E-state index is 11.9. The monoisotopic (exact) mass is 374 g/mol. The molecule has 0 radical (unpaired) electrons. The number of ether oxygens (including phenoxy) is 1. The van der Waals surface area contributed by atoms with Gasteiger partial charge in [0.2, 0.25) is 0 Å². The molecule has 7 heteroatoms. The van der Waals surface area contributed by atoms with E-state index < -0.39 is 5.97 Å². The summed E-state index contributed by atoms with van der Waals surface area (Å²) < 4.78 is 10.8. The number of fused-ring (bicyclic) bond motifs is 1. The molecule has 0 bridgehead atoms. The molecule has 116 valence electrons. The van der Waals surface area contributed by atoms with Crippen LogP contribution in [-0.4, -0.2) is 15.9 Å². The number of benzene rings is 1. The van der Waals surface area contributed by atoms with Crippen LogP contribution in [-0.2, 0) is 16.1 Å². The predicted molar refractivity (Wildman–Crippen MR) is 87.6 cm³/mol. The minimum absolute atomic E-state index is 0.120. The average Bonchev–Trinajstić information content (AvgIpc) is 2.96. The van der Waals surface area contributed by atoms with Crippen molar-refractivity contribution in [3.8, 4) is 0 Å². The molecule has 0 aliphatic heterocycles. The molecule has 2 heterocycles. The smallest absolute Gasteiger partial charge is 0.331 e. The number of nitrogens with zero attached hydrogens (tertiary/aromatic N) is 1. The molecule has 0 atom stereocenters. The minimum Gasteiger partial charge on any atom is -0.454 e. The highest BCUT2D eigenvalue weighted by Crippen LogP contribution is 2.15. The lowest BCUT2D eigenvalue weighted by Crippen LogP contribution is -2.13. The molecule has 0 aliphatic carbocycles. The fourth-order valence-electron chi connectivity index (χ4n) is 1.96. The Kier molecular flexibility index (Phi) is 4.38. The molecule has 6 nitrogen and oxygen atoms in total. The van der Waals surface area contributed by atoms with E-state index in [1.165, 1.54) is 12.2 Å². The molecular weight excluding hydrogens is 364 g/mol. The van der Waals surface area contributed by atoms with Crippen LogP contribution in [0.5, 0.6) is 0 Å². The lowest BCUT2D eigenvalue weighted by atomic mass is 10.2. The standard InChI is InChI=1S/C16H11BrN2O4/c17-13-7-5-10(23-13)6-8-15(20)22-9-14-18-12-4-2-1-3-11(12)16(21)19-14/h1-8H,9H2,(H,18,19,21)/b8-6+. The summed E-state index contributed by atoms with van der Waals surface area (Å²) in [5.74, 6) is 0.246. The van der Waals surface area contributed by atoms with Gasteiger partial charge in [0.15, 0.2) is 4.67 Å². The van der Waals surface area contributed by atoms with E-state index in [0.717, 1.165) is 0 Å². The summed E-state index contributed by atoms with van der Waals surface area (Å²) >= 11 is 3.17. The first-order chi connectivity index (χ1) is 11.1. The van der Waals surface area contributed by atoms with Gasteiger partial charge in [-0.15, -0.1) is 0 Å². The molecule has 23 heavy (non-hydrogen) atoms. The number of esters is 1. The van der Waals surface area contributed by atoms with Gasteiger partial charge < -0.3 is 14.1 Å². The van der Waals surface area contributed by atoms with E-state index in [0.29, 0.717) is 21.3 Å². The van der Waals surface area contributed by atoms with E-state index in [9.17, 15) is 9.59 Å². The number of halogens is 1. The third-order valence-corrected chi connectivity index (χ3v) is 3.42. The van der Waals surface area contributed by atoms with Crippen LogP contribution >= 0.6 is 15.9 Å². The topological polar surface area (TPSA) is 85.2 Å². The fourth-order valence-corrected chi connectivity index (χ4v) is 2.28. The Balaban J connectivity index is 1.67. The van der Waals surface area contributed by atoms with Gasteiger partial charge in [-0.05, 0) is 46.3 Å². The lowest BCUT2D eigenvalue weighted by molar-refractivity contribution is -0.139. The van der Waals surface area contributed by atoms with Gasteiger partial charge in [0.1, 0.15) is 18.2 Å². The number of H-pyrrole nitrogens is 1. The summed E-state index contributed by atoms with van der Waals surface area (Å²) in [6.45, 7) is -0.120. The quantitative estimate of drug-likeness (QED) is 0.560. The van der Waals surface area contributed by atoms with E-state index in [1.807, 2.05) is 0 Å². The average molecular weight is 375 g/mol. The number of rotatable bonds is 4. The summed E-state index contributed by atoms with van der Waals surface area (Å²) in [5.41, 5.74) is 0.288. The van der Waals surface area contributed by atoms with Crippen molar-refractivity contribution in [1.82, 2.24) is 9.97 Å². The van der Waals surface area contributed by atoms with Crippen LogP contribution in [0, 0.1) is 0 Å². The summed E-state index contributed by atoms with van der Waals surface area (Å²) in [4.78, 5) is 30.4. The zero-order chi connectivity index (χ0) is 16.2. The first-order valence-corrected chi connectivity index (χ1v) is 7.49. The van der Waals surface area contributed by atoms with Crippen LogP contribution in [0.25, 0.3) is 17.0 Å². The Morgan fingerprint density at radius 3 is 2.91 bits per heavy atom. The van der Waals surface area contributed by atoms with Gasteiger partial charge in [-0.1, -0.05) is 12.1 Å². The number of nitrogens with one attached hydrogen (secondary N) is 1.